The highest BCUT2D eigenvalue weighted by molar-refractivity contribution is 5.92. The number of nitrogen functional groups attached to an aromatic ring is 1. The largest absolute Gasteiger partial charge is 0.436 e. The number of aromatic nitrogens is 1. The second-order valence-electron chi connectivity index (χ2n) is 9.14. The van der Waals surface area contributed by atoms with Gasteiger partial charge in [0.25, 0.3) is 0 Å². The summed E-state index contributed by atoms with van der Waals surface area (Å²) in [4.78, 5) is 21.2. The number of nitrogens with two attached hydrogens (primary N) is 1. The molecule has 1 aliphatic rings. The predicted octanol–water partition coefficient (Wildman–Crippen LogP) is 5.16. The average Bonchev–Trinajstić information content (AvgIpc) is 3.29. The summed E-state index contributed by atoms with van der Waals surface area (Å²) < 4.78 is 44.3. The van der Waals surface area contributed by atoms with Gasteiger partial charge in [-0.05, 0) is 73.2 Å². The van der Waals surface area contributed by atoms with Crippen LogP contribution < -0.4 is 16.0 Å². The molecule has 192 valence electrons. The van der Waals surface area contributed by atoms with E-state index in [1.807, 2.05) is 34.9 Å². The molecule has 7 nitrogen and oxygen atoms in total. The summed E-state index contributed by atoms with van der Waals surface area (Å²) in [6.45, 7) is 4.67. The Morgan fingerprint density at radius 1 is 1.03 bits per heavy atom. The van der Waals surface area contributed by atoms with E-state index in [0.29, 0.717) is 54.5 Å². The number of aryl methyl sites for hydroxylation is 1. The Kier molecular flexibility index (Phi) is 6.51. The maximum absolute atomic E-state index is 12.8. The second kappa shape index (κ2) is 9.78. The molecule has 10 heteroatoms. The van der Waals surface area contributed by atoms with Gasteiger partial charge in [-0.25, -0.2) is 4.98 Å². The van der Waals surface area contributed by atoms with Crippen LogP contribution >= 0.6 is 0 Å². The molecule has 0 unspecified atom stereocenters. The molecule has 3 aromatic carbocycles. The van der Waals surface area contributed by atoms with Gasteiger partial charge in [0.1, 0.15) is 5.52 Å². The number of oxazole rings is 1. The minimum absolute atomic E-state index is 0.135. The zero-order valence-corrected chi connectivity index (χ0v) is 20.2. The maximum atomic E-state index is 12.8. The fraction of sp³-hybridized carbons (Fsp3) is 0.259. The third-order valence-corrected chi connectivity index (χ3v) is 6.41. The van der Waals surface area contributed by atoms with Crippen LogP contribution in [-0.2, 0) is 11.0 Å². The summed E-state index contributed by atoms with van der Waals surface area (Å²) in [5.41, 5.74) is 10.4. The van der Waals surface area contributed by atoms with Gasteiger partial charge in [-0.2, -0.15) is 13.2 Å². The van der Waals surface area contributed by atoms with Gasteiger partial charge >= 0.3 is 6.18 Å². The number of carbonyl (C=O) groups is 1. The molecule has 0 saturated carbocycles. The number of piperazine rings is 1. The second-order valence-corrected chi connectivity index (χ2v) is 9.14. The first kappa shape index (κ1) is 24.6. The van der Waals surface area contributed by atoms with Crippen LogP contribution in [0.1, 0.15) is 11.1 Å². The van der Waals surface area contributed by atoms with E-state index in [1.54, 1.807) is 18.2 Å². The number of anilines is 3. The maximum Gasteiger partial charge on any atom is 0.416 e. The summed E-state index contributed by atoms with van der Waals surface area (Å²) in [5, 5.41) is 2.91. The molecule has 0 bridgehead atoms. The molecule has 3 N–H and O–H groups in total. The number of hydrogen-bond donors (Lipinski definition) is 2. The first-order chi connectivity index (χ1) is 17.7. The van der Waals surface area contributed by atoms with E-state index in [0.717, 1.165) is 28.9 Å². The molecule has 0 atom stereocenters. The van der Waals surface area contributed by atoms with Crippen molar-refractivity contribution in [3.8, 4) is 11.5 Å². The number of fused-ring (bicyclic) bond motifs is 1. The highest BCUT2D eigenvalue weighted by atomic mass is 19.4. The Bertz CT molecular complexity index is 1410. The summed E-state index contributed by atoms with van der Waals surface area (Å²) in [6, 6.07) is 16.1. The summed E-state index contributed by atoms with van der Waals surface area (Å²) in [6.07, 6.45) is -4.34. The number of benzene rings is 3. The Morgan fingerprint density at radius 3 is 2.35 bits per heavy atom. The monoisotopic (exact) mass is 509 g/mol. The lowest BCUT2D eigenvalue weighted by Crippen LogP contribution is -2.48. The molecule has 5 rings (SSSR count). The van der Waals surface area contributed by atoms with Crippen molar-refractivity contribution in [3.63, 3.8) is 0 Å². The van der Waals surface area contributed by atoms with Crippen LogP contribution in [0.3, 0.4) is 0 Å². The van der Waals surface area contributed by atoms with E-state index >= 15 is 0 Å². The van der Waals surface area contributed by atoms with Crippen LogP contribution in [0.15, 0.2) is 65.1 Å². The van der Waals surface area contributed by atoms with Gasteiger partial charge in [0.2, 0.25) is 11.8 Å². The van der Waals surface area contributed by atoms with Crippen molar-refractivity contribution >= 4 is 34.1 Å². The Labute approximate surface area is 211 Å². The minimum Gasteiger partial charge on any atom is -0.436 e. The van der Waals surface area contributed by atoms with E-state index in [1.165, 1.54) is 12.1 Å². The molecule has 0 radical (unpaired) electrons. The molecule has 0 aliphatic carbocycles. The van der Waals surface area contributed by atoms with Crippen LogP contribution in [0.2, 0.25) is 0 Å². The lowest BCUT2D eigenvalue weighted by molar-refractivity contribution is -0.137. The molecule has 1 aromatic heterocycles. The van der Waals surface area contributed by atoms with Crippen molar-refractivity contribution in [1.29, 1.82) is 0 Å². The van der Waals surface area contributed by atoms with Gasteiger partial charge in [-0.3, -0.25) is 9.69 Å². The zero-order valence-electron chi connectivity index (χ0n) is 20.2. The van der Waals surface area contributed by atoms with Crippen molar-refractivity contribution in [2.45, 2.75) is 13.1 Å². The normalized spacial score (nSPS) is 14.8. The summed E-state index contributed by atoms with van der Waals surface area (Å²) in [7, 11) is 0. The van der Waals surface area contributed by atoms with Crippen LogP contribution in [0, 0.1) is 6.92 Å². The number of carbonyl (C=O) groups excluding carboxylic acids is 1. The van der Waals surface area contributed by atoms with Gasteiger partial charge in [0.15, 0.2) is 5.58 Å². The zero-order chi connectivity index (χ0) is 26.2. The smallest absolute Gasteiger partial charge is 0.416 e. The van der Waals surface area contributed by atoms with E-state index in [9.17, 15) is 18.0 Å². The summed E-state index contributed by atoms with van der Waals surface area (Å²) in [5.74, 6) is 0.344. The van der Waals surface area contributed by atoms with E-state index in [2.05, 4.69) is 10.3 Å². The standard InChI is InChI=1S/C27H26F3N5O2/c1-17-14-20(31)15-23-25(17)37-26(33-23)18-2-6-21(7-3-18)32-24(36)16-34-10-12-35(13-11-34)22-8-4-19(5-9-22)27(28,29)30/h2-9,14-15H,10-13,16,31H2,1H3,(H,32,36). The number of rotatable bonds is 5. The fourth-order valence-electron chi connectivity index (χ4n) is 4.48. The van der Waals surface area contributed by atoms with Gasteiger partial charge < -0.3 is 20.4 Å². The third-order valence-electron chi connectivity index (χ3n) is 6.41. The van der Waals surface area contributed by atoms with Crippen LogP contribution in [0.4, 0.5) is 30.2 Å². The van der Waals surface area contributed by atoms with Crippen LogP contribution in [0.5, 0.6) is 0 Å². The SMILES string of the molecule is Cc1cc(N)cc2nc(-c3ccc(NC(=O)CN4CCN(c5ccc(C(F)(F)F)cc5)CC4)cc3)oc12. The molecule has 1 amide bonds. The van der Waals surface area contributed by atoms with Crippen molar-refractivity contribution in [2.24, 2.45) is 0 Å². The number of amides is 1. The highest BCUT2D eigenvalue weighted by Crippen LogP contribution is 2.31. The van der Waals surface area contributed by atoms with Gasteiger partial charge in [0.05, 0.1) is 12.1 Å². The van der Waals surface area contributed by atoms with Crippen LogP contribution in [-0.4, -0.2) is 48.5 Å². The molecule has 1 fully saturated rings. The molecule has 2 heterocycles. The minimum atomic E-state index is -4.34. The lowest BCUT2D eigenvalue weighted by atomic mass is 10.1. The van der Waals surface area contributed by atoms with E-state index < -0.39 is 11.7 Å². The Morgan fingerprint density at radius 2 is 1.70 bits per heavy atom. The highest BCUT2D eigenvalue weighted by Gasteiger charge is 2.30. The number of alkyl halides is 3. The third kappa shape index (κ3) is 5.54. The first-order valence-electron chi connectivity index (χ1n) is 11.9. The number of nitrogens with zero attached hydrogens (tertiary/aromatic N) is 3. The Balaban J connectivity index is 1.14. The van der Waals surface area contributed by atoms with Gasteiger partial charge in [-0.1, -0.05) is 0 Å². The number of nitrogens with one attached hydrogen (secondary N) is 1. The average molecular weight is 510 g/mol. The van der Waals surface area contributed by atoms with Gasteiger partial charge in [0, 0.05) is 48.8 Å². The quantitative estimate of drug-likeness (QED) is 0.361. The van der Waals surface area contributed by atoms with Crippen LogP contribution in [0.25, 0.3) is 22.6 Å². The molecule has 37 heavy (non-hydrogen) atoms. The predicted molar refractivity (Wildman–Crippen MR) is 137 cm³/mol. The topological polar surface area (TPSA) is 87.6 Å². The number of halogens is 3. The van der Waals surface area contributed by atoms with Crippen molar-refractivity contribution < 1.29 is 22.4 Å². The van der Waals surface area contributed by atoms with Crippen molar-refractivity contribution in [3.05, 3.63) is 71.8 Å². The first-order valence-corrected chi connectivity index (χ1v) is 11.9. The van der Waals surface area contributed by atoms with E-state index in [4.69, 9.17) is 10.2 Å². The van der Waals surface area contributed by atoms with Crippen molar-refractivity contribution in [2.75, 3.05) is 48.7 Å². The van der Waals surface area contributed by atoms with Gasteiger partial charge in [-0.15, -0.1) is 0 Å². The molecule has 0 spiro atoms. The van der Waals surface area contributed by atoms with E-state index in [-0.39, 0.29) is 12.5 Å². The molecule has 4 aromatic rings. The Hall–Kier alpha value is -4.05. The molecular weight excluding hydrogens is 483 g/mol. The number of hydrogen-bond acceptors (Lipinski definition) is 6. The summed E-state index contributed by atoms with van der Waals surface area (Å²) >= 11 is 0. The molecule has 1 aliphatic heterocycles. The molecule has 1 saturated heterocycles. The van der Waals surface area contributed by atoms with Crippen molar-refractivity contribution in [1.82, 2.24) is 9.88 Å². The lowest BCUT2D eigenvalue weighted by Gasteiger charge is -2.35. The fourth-order valence-corrected chi connectivity index (χ4v) is 4.48. The molecular formula is C27H26F3N5O2.